The molecule has 1 aromatic carbocycles. The summed E-state index contributed by atoms with van der Waals surface area (Å²) in [5, 5.41) is 22.2. The molecule has 0 radical (unpaired) electrons. The lowest BCUT2D eigenvalue weighted by Crippen LogP contribution is -2.49. The molecule has 29 heavy (non-hydrogen) atoms. The number of benzene rings is 1. The molecular formula is C20H29N5O4. The van der Waals surface area contributed by atoms with Crippen LogP contribution in [0.2, 0.25) is 0 Å². The van der Waals surface area contributed by atoms with E-state index in [9.17, 15) is 10.1 Å². The minimum atomic E-state index is -0.447. The summed E-state index contributed by atoms with van der Waals surface area (Å²) in [5.41, 5.74) is 2.01. The van der Waals surface area contributed by atoms with Crippen LogP contribution in [0.5, 0.6) is 5.75 Å². The van der Waals surface area contributed by atoms with E-state index in [1.54, 1.807) is 19.3 Å². The summed E-state index contributed by atoms with van der Waals surface area (Å²) in [6.45, 7) is 5.23. The second-order valence-electron chi connectivity index (χ2n) is 7.20. The van der Waals surface area contributed by atoms with Gasteiger partial charge in [0, 0.05) is 80.6 Å². The normalized spacial score (nSPS) is 19.1. The zero-order valence-corrected chi connectivity index (χ0v) is 17.0. The Kier molecular flexibility index (Phi) is 7.05. The van der Waals surface area contributed by atoms with Crippen LogP contribution < -0.4 is 15.0 Å². The number of hydrogen-bond acceptors (Lipinski definition) is 8. The van der Waals surface area contributed by atoms with Crippen molar-refractivity contribution >= 4 is 23.2 Å². The van der Waals surface area contributed by atoms with Crippen LogP contribution in [0, 0.1) is 15.5 Å². The molecule has 0 aliphatic carbocycles. The predicted molar refractivity (Wildman–Crippen MR) is 113 cm³/mol. The molecule has 2 heterocycles. The molecular weight excluding hydrogens is 374 g/mol. The smallest absolute Gasteiger partial charge is 0.311 e. The Morgan fingerprint density at radius 1 is 1.31 bits per heavy atom. The molecule has 0 atom stereocenters. The van der Waals surface area contributed by atoms with Gasteiger partial charge in [0.25, 0.3) is 0 Å². The Morgan fingerprint density at radius 2 is 2.00 bits per heavy atom. The monoisotopic (exact) mass is 403 g/mol. The van der Waals surface area contributed by atoms with Gasteiger partial charge in [-0.2, -0.15) is 0 Å². The maximum Gasteiger partial charge on any atom is 0.311 e. The van der Waals surface area contributed by atoms with Crippen LogP contribution in [0.4, 0.5) is 11.4 Å². The zero-order chi connectivity index (χ0) is 20.8. The number of nitrogens with one attached hydrogen (secondary N) is 2. The molecule has 2 aliphatic rings. The van der Waals surface area contributed by atoms with Crippen molar-refractivity contribution in [2.24, 2.45) is 0 Å². The summed E-state index contributed by atoms with van der Waals surface area (Å²) in [6.07, 6.45) is 4.94. The lowest BCUT2D eigenvalue weighted by atomic mass is 9.98. The molecule has 1 aromatic rings. The van der Waals surface area contributed by atoms with Gasteiger partial charge >= 0.3 is 5.69 Å². The highest BCUT2D eigenvalue weighted by atomic mass is 16.6. The van der Waals surface area contributed by atoms with Gasteiger partial charge in [0.05, 0.1) is 25.2 Å². The summed E-state index contributed by atoms with van der Waals surface area (Å²) in [4.78, 5) is 15.8. The minimum absolute atomic E-state index is 0.0988. The highest BCUT2D eigenvalue weighted by molar-refractivity contribution is 6.11. The highest BCUT2D eigenvalue weighted by Gasteiger charge is 2.29. The highest BCUT2D eigenvalue weighted by Crippen LogP contribution is 2.39. The third-order valence-corrected chi connectivity index (χ3v) is 5.63. The summed E-state index contributed by atoms with van der Waals surface area (Å²) < 4.78 is 10.8. The van der Waals surface area contributed by atoms with Crippen molar-refractivity contribution in [3.63, 3.8) is 0 Å². The van der Waals surface area contributed by atoms with Gasteiger partial charge < -0.3 is 25.1 Å². The average molecular weight is 403 g/mol. The molecule has 158 valence electrons. The van der Waals surface area contributed by atoms with Crippen molar-refractivity contribution in [3.05, 3.63) is 34.0 Å². The van der Waals surface area contributed by atoms with Gasteiger partial charge in [0.1, 0.15) is 0 Å². The topological polar surface area (TPSA) is 104 Å². The molecule has 2 aliphatic heterocycles. The lowest BCUT2D eigenvalue weighted by Gasteiger charge is -2.41. The van der Waals surface area contributed by atoms with Crippen LogP contribution in [0.3, 0.4) is 0 Å². The van der Waals surface area contributed by atoms with Gasteiger partial charge in [-0.1, -0.05) is 0 Å². The second-order valence-corrected chi connectivity index (χ2v) is 7.20. The summed E-state index contributed by atoms with van der Waals surface area (Å²) in [7, 11) is 3.19. The SMILES string of the molecule is CN/C=C(\C=N)c1cc([N+](=O)[O-])c(OC)cc1N1CCC(N2CCOCC2)CC1. The van der Waals surface area contributed by atoms with E-state index in [4.69, 9.17) is 14.9 Å². The molecule has 2 N–H and O–H groups in total. The fourth-order valence-electron chi connectivity index (χ4n) is 4.12. The number of allylic oxidation sites excluding steroid dienone is 1. The van der Waals surface area contributed by atoms with Gasteiger partial charge in [-0.3, -0.25) is 15.0 Å². The van der Waals surface area contributed by atoms with E-state index in [1.807, 2.05) is 0 Å². The Balaban J connectivity index is 1.90. The van der Waals surface area contributed by atoms with Crippen molar-refractivity contribution in [3.8, 4) is 5.75 Å². The van der Waals surface area contributed by atoms with Crippen LogP contribution in [0.15, 0.2) is 18.3 Å². The van der Waals surface area contributed by atoms with Gasteiger partial charge in [-0.25, -0.2) is 0 Å². The molecule has 9 heteroatoms. The Hall–Kier alpha value is -2.65. The summed E-state index contributed by atoms with van der Waals surface area (Å²) >= 11 is 0. The number of rotatable bonds is 7. The molecule has 2 saturated heterocycles. The molecule has 2 fully saturated rings. The molecule has 0 spiro atoms. The van der Waals surface area contributed by atoms with Crippen LogP contribution in [0.25, 0.3) is 5.57 Å². The molecule has 0 bridgehead atoms. The summed E-state index contributed by atoms with van der Waals surface area (Å²) in [5.74, 6) is 0.234. The second kappa shape index (κ2) is 9.71. The zero-order valence-electron chi connectivity index (χ0n) is 17.0. The quantitative estimate of drug-likeness (QED) is 0.408. The van der Waals surface area contributed by atoms with Crippen molar-refractivity contribution in [1.29, 1.82) is 5.41 Å². The van der Waals surface area contributed by atoms with E-state index in [0.29, 0.717) is 17.2 Å². The number of morpholine rings is 1. The van der Waals surface area contributed by atoms with Gasteiger partial charge in [-0.05, 0) is 12.8 Å². The average Bonchev–Trinajstić information content (AvgIpc) is 2.77. The maximum absolute atomic E-state index is 11.5. The number of hydrogen-bond donors (Lipinski definition) is 2. The molecule has 9 nitrogen and oxygen atoms in total. The minimum Gasteiger partial charge on any atom is -0.490 e. The fraction of sp³-hybridized carbons (Fsp3) is 0.550. The first-order valence-electron chi connectivity index (χ1n) is 9.90. The van der Waals surface area contributed by atoms with Crippen molar-refractivity contribution in [2.75, 3.05) is 58.5 Å². The van der Waals surface area contributed by atoms with Crippen molar-refractivity contribution < 1.29 is 14.4 Å². The van der Waals surface area contributed by atoms with E-state index < -0.39 is 4.92 Å². The Morgan fingerprint density at radius 3 is 2.55 bits per heavy atom. The Labute approximate surface area is 170 Å². The van der Waals surface area contributed by atoms with Gasteiger partial charge in [0.15, 0.2) is 5.75 Å². The van der Waals surface area contributed by atoms with E-state index in [2.05, 4.69) is 15.1 Å². The number of piperidine rings is 1. The van der Waals surface area contributed by atoms with Gasteiger partial charge in [-0.15, -0.1) is 0 Å². The number of nitro benzene ring substituents is 1. The standard InChI is InChI=1S/C20H29N5O4/c1-22-14-15(13-21)17-11-19(25(26)27)20(28-2)12-18(17)24-5-3-16(4-6-24)23-7-9-29-10-8-23/h11-14,16,21-22H,3-10H2,1-2H3/b15-14+,21-13?. The number of anilines is 1. The lowest BCUT2D eigenvalue weighted by molar-refractivity contribution is -0.385. The van der Waals surface area contributed by atoms with Crippen LogP contribution >= 0.6 is 0 Å². The molecule has 0 amide bonds. The first-order valence-corrected chi connectivity index (χ1v) is 9.90. The third kappa shape index (κ3) is 4.68. The molecule has 3 rings (SSSR count). The van der Waals surface area contributed by atoms with Gasteiger partial charge in [0.2, 0.25) is 0 Å². The number of methoxy groups -OCH3 is 1. The fourth-order valence-corrected chi connectivity index (χ4v) is 4.12. The van der Waals surface area contributed by atoms with E-state index in [-0.39, 0.29) is 11.4 Å². The molecule has 0 aromatic heterocycles. The number of nitrogens with zero attached hydrogens (tertiary/aromatic N) is 3. The van der Waals surface area contributed by atoms with Crippen LogP contribution in [-0.2, 0) is 4.74 Å². The van der Waals surface area contributed by atoms with E-state index in [0.717, 1.165) is 57.9 Å². The first kappa shape index (κ1) is 21.1. The summed E-state index contributed by atoms with van der Waals surface area (Å²) in [6, 6.07) is 3.78. The third-order valence-electron chi connectivity index (χ3n) is 5.63. The van der Waals surface area contributed by atoms with Crippen molar-refractivity contribution in [1.82, 2.24) is 10.2 Å². The largest absolute Gasteiger partial charge is 0.490 e. The first-order chi connectivity index (χ1) is 14.1. The Bertz CT molecular complexity index is 768. The number of nitro groups is 1. The van der Waals surface area contributed by atoms with Crippen LogP contribution in [0.1, 0.15) is 18.4 Å². The van der Waals surface area contributed by atoms with E-state index >= 15 is 0 Å². The van der Waals surface area contributed by atoms with E-state index in [1.165, 1.54) is 19.4 Å². The van der Waals surface area contributed by atoms with Crippen molar-refractivity contribution in [2.45, 2.75) is 18.9 Å². The maximum atomic E-state index is 11.5. The number of ether oxygens (including phenoxy) is 2. The predicted octanol–water partition coefficient (Wildman–Crippen LogP) is 2.11. The van der Waals surface area contributed by atoms with Crippen LogP contribution in [-0.4, -0.2) is 75.6 Å². The molecule has 0 unspecified atom stereocenters. The molecule has 0 saturated carbocycles.